The highest BCUT2D eigenvalue weighted by molar-refractivity contribution is 7.90. The first-order chi connectivity index (χ1) is 8.14. The SMILES string of the molecule is NCCc1ccn(S(=O)(=O)c2ccccc2)c1. The van der Waals surface area contributed by atoms with Crippen molar-refractivity contribution in [2.45, 2.75) is 11.3 Å². The van der Waals surface area contributed by atoms with E-state index >= 15 is 0 Å². The summed E-state index contributed by atoms with van der Waals surface area (Å²) in [5.74, 6) is 0. The van der Waals surface area contributed by atoms with E-state index in [1.54, 1.807) is 48.8 Å². The lowest BCUT2D eigenvalue weighted by Gasteiger charge is -2.04. The number of rotatable bonds is 4. The van der Waals surface area contributed by atoms with Crippen LogP contribution in [0, 0.1) is 0 Å². The minimum atomic E-state index is -3.46. The molecule has 4 nitrogen and oxygen atoms in total. The van der Waals surface area contributed by atoms with Crippen LogP contribution in [0.1, 0.15) is 5.56 Å². The fourth-order valence-electron chi connectivity index (χ4n) is 1.60. The van der Waals surface area contributed by atoms with E-state index in [-0.39, 0.29) is 4.90 Å². The summed E-state index contributed by atoms with van der Waals surface area (Å²) < 4.78 is 25.6. The van der Waals surface area contributed by atoms with Crippen molar-refractivity contribution in [3.05, 3.63) is 54.4 Å². The zero-order valence-corrected chi connectivity index (χ0v) is 10.1. The summed E-state index contributed by atoms with van der Waals surface area (Å²) in [6.45, 7) is 0.509. The first-order valence-corrected chi connectivity index (χ1v) is 6.76. The predicted molar refractivity (Wildman–Crippen MR) is 66.2 cm³/mol. The molecular weight excluding hydrogens is 236 g/mol. The van der Waals surface area contributed by atoms with Gasteiger partial charge in [-0.05, 0) is 36.7 Å². The van der Waals surface area contributed by atoms with Crippen LogP contribution in [0.3, 0.4) is 0 Å². The Balaban J connectivity index is 2.38. The number of benzene rings is 1. The van der Waals surface area contributed by atoms with E-state index in [2.05, 4.69) is 0 Å². The predicted octanol–water partition coefficient (Wildman–Crippen LogP) is 1.23. The van der Waals surface area contributed by atoms with Gasteiger partial charge in [-0.15, -0.1) is 0 Å². The van der Waals surface area contributed by atoms with Gasteiger partial charge in [0.15, 0.2) is 0 Å². The van der Waals surface area contributed by atoms with Crippen LogP contribution in [0.5, 0.6) is 0 Å². The van der Waals surface area contributed by atoms with Crippen LogP contribution in [-0.2, 0) is 16.4 Å². The molecule has 2 rings (SSSR count). The molecule has 0 amide bonds. The second-order valence-corrected chi connectivity index (χ2v) is 5.55. The molecule has 1 aromatic carbocycles. The lowest BCUT2D eigenvalue weighted by atomic mass is 10.2. The topological polar surface area (TPSA) is 65.1 Å². The van der Waals surface area contributed by atoms with Crippen molar-refractivity contribution in [1.82, 2.24) is 3.97 Å². The molecule has 0 radical (unpaired) electrons. The monoisotopic (exact) mass is 250 g/mol. The molecule has 0 fully saturated rings. The van der Waals surface area contributed by atoms with Crippen molar-refractivity contribution in [2.75, 3.05) is 6.54 Å². The molecule has 17 heavy (non-hydrogen) atoms. The van der Waals surface area contributed by atoms with Gasteiger partial charge in [0.05, 0.1) is 4.90 Å². The molecule has 5 heteroatoms. The summed E-state index contributed by atoms with van der Waals surface area (Å²) in [7, 11) is -3.46. The molecule has 0 spiro atoms. The summed E-state index contributed by atoms with van der Waals surface area (Å²) in [6.07, 6.45) is 3.83. The molecule has 0 unspecified atom stereocenters. The molecule has 0 saturated carbocycles. The molecule has 1 heterocycles. The standard InChI is InChI=1S/C12H14N2O2S/c13-8-6-11-7-9-14(10-11)17(15,16)12-4-2-1-3-5-12/h1-5,7,9-10H,6,8,13H2. The van der Waals surface area contributed by atoms with Crippen LogP contribution >= 0.6 is 0 Å². The first-order valence-electron chi connectivity index (χ1n) is 5.32. The third-order valence-corrected chi connectivity index (χ3v) is 4.13. The van der Waals surface area contributed by atoms with Crippen LogP contribution in [0.15, 0.2) is 53.7 Å². The molecule has 2 N–H and O–H groups in total. The Labute approximate surface area is 101 Å². The van der Waals surface area contributed by atoms with Gasteiger partial charge in [-0.25, -0.2) is 12.4 Å². The normalized spacial score (nSPS) is 11.6. The van der Waals surface area contributed by atoms with Crippen LogP contribution in [0.2, 0.25) is 0 Å². The molecule has 0 aliphatic heterocycles. The van der Waals surface area contributed by atoms with E-state index in [0.717, 1.165) is 5.56 Å². The van der Waals surface area contributed by atoms with Crippen molar-refractivity contribution < 1.29 is 8.42 Å². The Morgan fingerprint density at radius 3 is 2.47 bits per heavy atom. The van der Waals surface area contributed by atoms with Crippen molar-refractivity contribution in [3.8, 4) is 0 Å². The Morgan fingerprint density at radius 1 is 1.12 bits per heavy atom. The van der Waals surface area contributed by atoms with Gasteiger partial charge >= 0.3 is 0 Å². The van der Waals surface area contributed by atoms with Crippen LogP contribution in [0.4, 0.5) is 0 Å². The number of hydrogen-bond donors (Lipinski definition) is 1. The van der Waals surface area contributed by atoms with E-state index in [9.17, 15) is 8.42 Å². The highest BCUT2D eigenvalue weighted by Gasteiger charge is 2.15. The molecule has 0 saturated heterocycles. The minimum Gasteiger partial charge on any atom is -0.330 e. The van der Waals surface area contributed by atoms with Crippen molar-refractivity contribution in [2.24, 2.45) is 5.73 Å². The van der Waals surface area contributed by atoms with E-state index in [1.807, 2.05) is 0 Å². The molecule has 0 aliphatic carbocycles. The van der Waals surface area contributed by atoms with Gasteiger partial charge in [-0.3, -0.25) is 0 Å². The Hall–Kier alpha value is -1.59. The van der Waals surface area contributed by atoms with Crippen LogP contribution < -0.4 is 5.73 Å². The highest BCUT2D eigenvalue weighted by atomic mass is 32.2. The van der Waals surface area contributed by atoms with Crippen molar-refractivity contribution >= 4 is 10.0 Å². The average Bonchev–Trinajstić information content (AvgIpc) is 2.80. The van der Waals surface area contributed by atoms with E-state index in [1.165, 1.54) is 3.97 Å². The van der Waals surface area contributed by atoms with Gasteiger partial charge in [-0.2, -0.15) is 0 Å². The molecule has 2 aromatic rings. The fourth-order valence-corrected chi connectivity index (χ4v) is 2.84. The summed E-state index contributed by atoms with van der Waals surface area (Å²) >= 11 is 0. The number of hydrogen-bond acceptors (Lipinski definition) is 3. The maximum Gasteiger partial charge on any atom is 0.267 e. The molecular formula is C12H14N2O2S. The van der Waals surface area contributed by atoms with E-state index in [0.29, 0.717) is 13.0 Å². The molecule has 1 aromatic heterocycles. The van der Waals surface area contributed by atoms with Gasteiger partial charge in [0.2, 0.25) is 0 Å². The van der Waals surface area contributed by atoms with Gasteiger partial charge in [-0.1, -0.05) is 18.2 Å². The van der Waals surface area contributed by atoms with Gasteiger partial charge in [0.25, 0.3) is 10.0 Å². The zero-order valence-electron chi connectivity index (χ0n) is 9.28. The summed E-state index contributed by atoms with van der Waals surface area (Å²) in [5.41, 5.74) is 6.35. The second kappa shape index (κ2) is 4.73. The van der Waals surface area contributed by atoms with Crippen molar-refractivity contribution in [1.29, 1.82) is 0 Å². The minimum absolute atomic E-state index is 0.287. The largest absolute Gasteiger partial charge is 0.330 e. The maximum atomic E-state index is 12.2. The van der Waals surface area contributed by atoms with Gasteiger partial charge in [0.1, 0.15) is 0 Å². The third-order valence-electron chi connectivity index (χ3n) is 2.48. The first kappa shape index (κ1) is 11.9. The van der Waals surface area contributed by atoms with Crippen molar-refractivity contribution in [3.63, 3.8) is 0 Å². The smallest absolute Gasteiger partial charge is 0.267 e. The lowest BCUT2D eigenvalue weighted by Crippen LogP contribution is -2.10. The lowest BCUT2D eigenvalue weighted by molar-refractivity contribution is 0.587. The summed E-state index contributed by atoms with van der Waals surface area (Å²) in [5, 5.41) is 0. The highest BCUT2D eigenvalue weighted by Crippen LogP contribution is 2.14. The third kappa shape index (κ3) is 2.40. The quantitative estimate of drug-likeness (QED) is 0.887. The number of aromatic nitrogens is 1. The average molecular weight is 250 g/mol. The molecule has 0 atom stereocenters. The Kier molecular flexibility index (Phi) is 3.31. The maximum absolute atomic E-state index is 12.2. The zero-order chi connectivity index (χ0) is 12.3. The van der Waals surface area contributed by atoms with Crippen LogP contribution in [-0.4, -0.2) is 18.9 Å². The Bertz CT molecular complexity index is 588. The fraction of sp³-hybridized carbons (Fsp3) is 0.167. The molecule has 0 aliphatic rings. The van der Waals surface area contributed by atoms with Gasteiger partial charge in [0, 0.05) is 12.4 Å². The van der Waals surface area contributed by atoms with Crippen LogP contribution in [0.25, 0.3) is 0 Å². The number of nitrogens with two attached hydrogens (primary N) is 1. The van der Waals surface area contributed by atoms with Gasteiger partial charge < -0.3 is 5.73 Å². The molecule has 0 bridgehead atoms. The Morgan fingerprint density at radius 2 is 1.82 bits per heavy atom. The molecule has 90 valence electrons. The van der Waals surface area contributed by atoms with E-state index < -0.39 is 10.0 Å². The summed E-state index contributed by atoms with van der Waals surface area (Å²) in [4.78, 5) is 0.287. The summed E-state index contributed by atoms with van der Waals surface area (Å²) in [6, 6.07) is 10.1. The number of nitrogens with zero attached hydrogens (tertiary/aromatic N) is 1. The second-order valence-electron chi connectivity index (χ2n) is 3.71. The van der Waals surface area contributed by atoms with E-state index in [4.69, 9.17) is 5.73 Å².